The van der Waals surface area contributed by atoms with Gasteiger partial charge in [0.2, 0.25) is 11.8 Å². The fraction of sp³-hybridized carbons (Fsp3) is 0.111. The number of alkyl halides is 2. The fourth-order valence-corrected chi connectivity index (χ4v) is 3.08. The third-order valence-electron chi connectivity index (χ3n) is 3.87. The van der Waals surface area contributed by atoms with Crippen molar-refractivity contribution in [1.82, 2.24) is 0 Å². The van der Waals surface area contributed by atoms with Crippen molar-refractivity contribution in [2.45, 2.75) is 0 Å². The molecule has 2 aromatic rings. The third-order valence-corrected chi connectivity index (χ3v) is 4.89. The summed E-state index contributed by atoms with van der Waals surface area (Å²) in [4.78, 5) is 49.6. The molecule has 0 atom stereocenters. The molecule has 26 heavy (non-hydrogen) atoms. The molecule has 2 amide bonds. The predicted molar refractivity (Wildman–Crippen MR) is 105 cm³/mol. The van der Waals surface area contributed by atoms with Crippen LogP contribution in [0.4, 0.5) is 11.4 Å². The molecule has 0 bridgehead atoms. The molecule has 0 heterocycles. The van der Waals surface area contributed by atoms with Crippen LogP contribution in [0.15, 0.2) is 36.4 Å². The van der Waals surface area contributed by atoms with Crippen LogP contribution in [-0.2, 0) is 9.59 Å². The second kappa shape index (κ2) is 7.51. The summed E-state index contributed by atoms with van der Waals surface area (Å²) in [7, 11) is 0. The largest absolute Gasteiger partial charge is 0.325 e. The molecule has 8 heteroatoms. The third kappa shape index (κ3) is 3.22. The lowest BCUT2D eigenvalue weighted by Crippen LogP contribution is -2.26. The molecule has 0 aliphatic heterocycles. The highest BCUT2D eigenvalue weighted by molar-refractivity contribution is 9.09. The molecule has 132 valence electrons. The Morgan fingerprint density at radius 1 is 0.731 bits per heavy atom. The summed E-state index contributed by atoms with van der Waals surface area (Å²) in [5, 5.41) is 5.32. The van der Waals surface area contributed by atoms with Gasteiger partial charge >= 0.3 is 0 Å². The first-order valence-corrected chi connectivity index (χ1v) is 9.79. The quantitative estimate of drug-likeness (QED) is 0.562. The Bertz CT molecular complexity index is 880. The molecule has 0 fully saturated rings. The Morgan fingerprint density at radius 2 is 1.12 bits per heavy atom. The first-order valence-electron chi connectivity index (χ1n) is 7.55. The monoisotopic (exact) mass is 478 g/mol. The summed E-state index contributed by atoms with van der Waals surface area (Å²) < 4.78 is 0. The summed E-state index contributed by atoms with van der Waals surface area (Å²) in [6.45, 7) is 0. The van der Waals surface area contributed by atoms with Crippen LogP contribution in [0, 0.1) is 0 Å². The lowest BCUT2D eigenvalue weighted by Gasteiger charge is -2.23. The van der Waals surface area contributed by atoms with Gasteiger partial charge in [0.05, 0.1) is 33.2 Å². The molecular weight excluding hydrogens is 468 g/mol. The van der Waals surface area contributed by atoms with E-state index in [4.69, 9.17) is 0 Å². The Morgan fingerprint density at radius 3 is 1.46 bits per heavy atom. The van der Waals surface area contributed by atoms with Crippen molar-refractivity contribution in [2.24, 2.45) is 0 Å². The van der Waals surface area contributed by atoms with E-state index in [9.17, 15) is 19.2 Å². The predicted octanol–water partition coefficient (Wildman–Crippen LogP) is 3.13. The van der Waals surface area contributed by atoms with Crippen LogP contribution in [0.25, 0.3) is 0 Å². The van der Waals surface area contributed by atoms with Crippen molar-refractivity contribution < 1.29 is 19.2 Å². The summed E-state index contributed by atoms with van der Waals surface area (Å²) in [5.74, 6) is -1.47. The number of ketones is 2. The number of hydrogen-bond donors (Lipinski definition) is 2. The topological polar surface area (TPSA) is 92.3 Å². The van der Waals surface area contributed by atoms with E-state index in [1.165, 1.54) is 12.1 Å². The maximum atomic E-state index is 13.0. The number of hydrogen-bond acceptors (Lipinski definition) is 4. The second-order valence-corrected chi connectivity index (χ2v) is 6.60. The molecule has 0 unspecified atom stereocenters. The first-order chi connectivity index (χ1) is 12.5. The fourth-order valence-electron chi connectivity index (χ4n) is 2.80. The Balaban J connectivity index is 2.23. The molecule has 0 saturated heterocycles. The lowest BCUT2D eigenvalue weighted by atomic mass is 9.82. The number of carbonyl (C=O) groups is 4. The number of halogens is 2. The average molecular weight is 480 g/mol. The summed E-state index contributed by atoms with van der Waals surface area (Å²) >= 11 is 6.10. The van der Waals surface area contributed by atoms with Gasteiger partial charge in [0.1, 0.15) is 0 Å². The van der Waals surface area contributed by atoms with Crippen LogP contribution >= 0.6 is 31.9 Å². The van der Waals surface area contributed by atoms with Crippen LogP contribution in [0.1, 0.15) is 31.8 Å². The average Bonchev–Trinajstić information content (AvgIpc) is 2.66. The Labute approximate surface area is 165 Å². The second-order valence-electron chi connectivity index (χ2n) is 5.48. The van der Waals surface area contributed by atoms with E-state index in [1.807, 2.05) is 0 Å². The lowest BCUT2D eigenvalue weighted by molar-refractivity contribution is -0.114. The zero-order valence-corrected chi connectivity index (χ0v) is 16.4. The van der Waals surface area contributed by atoms with E-state index in [-0.39, 0.29) is 67.7 Å². The highest BCUT2D eigenvalue weighted by Gasteiger charge is 2.34. The smallest absolute Gasteiger partial charge is 0.235 e. The van der Waals surface area contributed by atoms with Crippen LogP contribution in [0.3, 0.4) is 0 Å². The number of rotatable bonds is 4. The molecule has 2 aromatic carbocycles. The van der Waals surface area contributed by atoms with E-state index in [0.29, 0.717) is 0 Å². The van der Waals surface area contributed by atoms with Gasteiger partial charge in [0, 0.05) is 11.1 Å². The van der Waals surface area contributed by atoms with Crippen molar-refractivity contribution in [3.8, 4) is 0 Å². The highest BCUT2D eigenvalue weighted by atomic mass is 79.9. The van der Waals surface area contributed by atoms with Gasteiger partial charge in [0.15, 0.2) is 11.6 Å². The van der Waals surface area contributed by atoms with E-state index >= 15 is 0 Å². The molecule has 0 spiro atoms. The minimum Gasteiger partial charge on any atom is -0.325 e. The highest BCUT2D eigenvalue weighted by Crippen LogP contribution is 2.36. The van der Waals surface area contributed by atoms with Crippen LogP contribution in [0.2, 0.25) is 0 Å². The van der Waals surface area contributed by atoms with E-state index < -0.39 is 0 Å². The molecule has 1 aliphatic rings. The van der Waals surface area contributed by atoms with Crippen molar-refractivity contribution in [1.29, 1.82) is 0 Å². The van der Waals surface area contributed by atoms with Crippen molar-refractivity contribution in [2.75, 3.05) is 21.3 Å². The number of nitrogens with one attached hydrogen (secondary N) is 2. The molecule has 0 radical (unpaired) electrons. The molecule has 3 rings (SSSR count). The van der Waals surface area contributed by atoms with E-state index in [1.54, 1.807) is 24.3 Å². The summed E-state index contributed by atoms with van der Waals surface area (Å²) in [6.07, 6.45) is 0. The van der Waals surface area contributed by atoms with Crippen molar-refractivity contribution in [3.63, 3.8) is 0 Å². The van der Waals surface area contributed by atoms with Gasteiger partial charge in [0.25, 0.3) is 0 Å². The van der Waals surface area contributed by atoms with Crippen LogP contribution in [0.5, 0.6) is 0 Å². The minimum atomic E-state index is -0.380. The van der Waals surface area contributed by atoms with Gasteiger partial charge in [-0.1, -0.05) is 56.1 Å². The normalized spacial score (nSPS) is 12.2. The van der Waals surface area contributed by atoms with Gasteiger partial charge in [-0.25, -0.2) is 0 Å². The molecule has 0 aromatic heterocycles. The summed E-state index contributed by atoms with van der Waals surface area (Å²) in [6, 6.07) is 9.48. The van der Waals surface area contributed by atoms with Crippen molar-refractivity contribution in [3.05, 3.63) is 58.7 Å². The van der Waals surface area contributed by atoms with E-state index in [2.05, 4.69) is 42.5 Å². The first kappa shape index (κ1) is 18.5. The van der Waals surface area contributed by atoms with E-state index in [0.717, 1.165) is 0 Å². The van der Waals surface area contributed by atoms with Gasteiger partial charge in [-0.15, -0.1) is 0 Å². The minimum absolute atomic E-state index is 0.0442. The van der Waals surface area contributed by atoms with Crippen LogP contribution in [-0.4, -0.2) is 34.0 Å². The van der Waals surface area contributed by atoms with Gasteiger partial charge in [-0.2, -0.15) is 0 Å². The number of carbonyl (C=O) groups excluding carboxylic acids is 4. The van der Waals surface area contributed by atoms with Gasteiger partial charge < -0.3 is 10.6 Å². The van der Waals surface area contributed by atoms with Crippen molar-refractivity contribution >= 4 is 66.6 Å². The maximum absolute atomic E-state index is 13.0. The molecule has 1 aliphatic carbocycles. The summed E-state index contributed by atoms with van der Waals surface area (Å²) in [5.41, 5.74) is 1.15. The van der Waals surface area contributed by atoms with Gasteiger partial charge in [-0.3, -0.25) is 19.2 Å². The molecule has 2 N–H and O–H groups in total. The zero-order valence-electron chi connectivity index (χ0n) is 13.3. The number of fused-ring (bicyclic) bond motifs is 2. The maximum Gasteiger partial charge on any atom is 0.235 e. The Kier molecular flexibility index (Phi) is 5.33. The number of anilines is 2. The Hall–Kier alpha value is -2.32. The number of amides is 2. The standard InChI is InChI=1S/C18H12Br2N2O4/c19-7-13(23)21-11-5-6-12(22-14(24)8-20)16-15(11)17(25)9-3-1-2-4-10(9)18(16)26/h1-6H,7-8H2,(H,21,23)(H,22,24). The molecule has 6 nitrogen and oxygen atoms in total. The molecule has 0 saturated carbocycles. The molecular formula is C18H12Br2N2O4. The van der Waals surface area contributed by atoms with Gasteiger partial charge in [-0.05, 0) is 12.1 Å². The zero-order chi connectivity index (χ0) is 18.8. The number of benzene rings is 2. The SMILES string of the molecule is O=C(CBr)Nc1ccc(NC(=O)CBr)c2c1C(=O)c1ccccc1C2=O. The van der Waals surface area contributed by atoms with Crippen LogP contribution < -0.4 is 10.6 Å².